The van der Waals surface area contributed by atoms with E-state index in [1.807, 2.05) is 13.8 Å². The lowest BCUT2D eigenvalue weighted by molar-refractivity contribution is -0.152. The van der Waals surface area contributed by atoms with Crippen molar-refractivity contribution in [1.29, 1.82) is 0 Å². The summed E-state index contributed by atoms with van der Waals surface area (Å²) in [5.74, 6) is -0.203. The highest BCUT2D eigenvalue weighted by atomic mass is 16.4. The lowest BCUT2D eigenvalue weighted by Crippen LogP contribution is -2.36. The Morgan fingerprint density at radius 3 is 2.31 bits per heavy atom. The summed E-state index contributed by atoms with van der Waals surface area (Å²) < 4.78 is 0. The third kappa shape index (κ3) is 2.04. The molecule has 1 atom stereocenters. The van der Waals surface area contributed by atoms with Gasteiger partial charge in [-0.3, -0.25) is 4.79 Å². The first kappa shape index (κ1) is 10.6. The topological polar surface area (TPSA) is 37.3 Å². The summed E-state index contributed by atoms with van der Waals surface area (Å²) in [6.45, 7) is 3.90. The Hall–Kier alpha value is -0.530. The lowest BCUT2D eigenvalue weighted by Gasteiger charge is -2.35. The molecule has 2 nitrogen and oxygen atoms in total. The van der Waals surface area contributed by atoms with Gasteiger partial charge in [-0.2, -0.15) is 0 Å². The van der Waals surface area contributed by atoms with Crippen LogP contribution in [0.4, 0.5) is 0 Å². The molecule has 13 heavy (non-hydrogen) atoms. The maximum Gasteiger partial charge on any atom is 0.309 e. The summed E-state index contributed by atoms with van der Waals surface area (Å²) in [7, 11) is 0. The molecular formula is C11H20O2. The summed E-state index contributed by atoms with van der Waals surface area (Å²) in [6.07, 6.45) is 6.69. The number of carboxylic acid groups (broad SMARTS) is 1. The van der Waals surface area contributed by atoms with Crippen LogP contribution < -0.4 is 0 Å². The van der Waals surface area contributed by atoms with E-state index in [0.717, 1.165) is 19.3 Å². The first-order valence-corrected chi connectivity index (χ1v) is 5.34. The van der Waals surface area contributed by atoms with Gasteiger partial charge < -0.3 is 5.11 Å². The van der Waals surface area contributed by atoms with Crippen molar-refractivity contribution < 1.29 is 9.90 Å². The predicted octanol–water partition coefficient (Wildman–Crippen LogP) is 3.07. The average molecular weight is 184 g/mol. The van der Waals surface area contributed by atoms with Gasteiger partial charge >= 0.3 is 5.97 Å². The highest BCUT2D eigenvalue weighted by Gasteiger charge is 2.39. The second-order valence-corrected chi connectivity index (χ2v) is 4.41. The number of rotatable bonds is 3. The zero-order valence-corrected chi connectivity index (χ0v) is 8.68. The Morgan fingerprint density at radius 1 is 1.38 bits per heavy atom. The minimum absolute atomic E-state index is 0.406. The lowest BCUT2D eigenvalue weighted by atomic mass is 9.68. The molecule has 0 amide bonds. The number of carboxylic acids is 1. The van der Waals surface area contributed by atoms with Crippen LogP contribution in [0.3, 0.4) is 0 Å². The SMILES string of the molecule is CC[C@@](C)(C(=O)O)C1CCCCC1. The molecule has 76 valence electrons. The van der Waals surface area contributed by atoms with Crippen molar-refractivity contribution in [3.05, 3.63) is 0 Å². The molecule has 0 aromatic carbocycles. The molecule has 0 aromatic rings. The molecule has 1 aliphatic rings. The van der Waals surface area contributed by atoms with E-state index >= 15 is 0 Å². The number of hydrogen-bond donors (Lipinski definition) is 1. The molecule has 1 saturated carbocycles. The summed E-state index contributed by atoms with van der Waals surface area (Å²) in [5.41, 5.74) is -0.472. The molecule has 1 rings (SSSR count). The van der Waals surface area contributed by atoms with Gasteiger partial charge in [0.15, 0.2) is 0 Å². The summed E-state index contributed by atoms with van der Waals surface area (Å²) in [6, 6.07) is 0. The molecule has 0 heterocycles. The molecule has 0 radical (unpaired) electrons. The summed E-state index contributed by atoms with van der Waals surface area (Å²) in [4.78, 5) is 11.2. The Kier molecular flexibility index (Phi) is 3.34. The van der Waals surface area contributed by atoms with E-state index in [4.69, 9.17) is 0 Å². The predicted molar refractivity (Wildman–Crippen MR) is 52.6 cm³/mol. The number of carbonyl (C=O) groups is 1. The van der Waals surface area contributed by atoms with Crippen molar-refractivity contribution in [2.45, 2.75) is 52.4 Å². The fourth-order valence-electron chi connectivity index (χ4n) is 2.35. The largest absolute Gasteiger partial charge is 0.481 e. The van der Waals surface area contributed by atoms with E-state index in [1.54, 1.807) is 0 Å². The van der Waals surface area contributed by atoms with E-state index in [1.165, 1.54) is 19.3 Å². The van der Waals surface area contributed by atoms with Crippen LogP contribution in [0.2, 0.25) is 0 Å². The minimum atomic E-state index is -0.609. The van der Waals surface area contributed by atoms with Crippen LogP contribution in [0.5, 0.6) is 0 Å². The maximum atomic E-state index is 11.2. The zero-order valence-electron chi connectivity index (χ0n) is 8.68. The first-order chi connectivity index (χ1) is 6.11. The van der Waals surface area contributed by atoms with E-state index in [2.05, 4.69) is 0 Å². The van der Waals surface area contributed by atoms with Crippen molar-refractivity contribution >= 4 is 5.97 Å². The Labute approximate surface area is 80.3 Å². The van der Waals surface area contributed by atoms with E-state index in [9.17, 15) is 9.90 Å². The second-order valence-electron chi connectivity index (χ2n) is 4.41. The zero-order chi connectivity index (χ0) is 9.90. The van der Waals surface area contributed by atoms with E-state index in [-0.39, 0.29) is 0 Å². The Balaban J connectivity index is 2.68. The van der Waals surface area contributed by atoms with Crippen molar-refractivity contribution in [3.8, 4) is 0 Å². The van der Waals surface area contributed by atoms with Gasteiger partial charge in [-0.05, 0) is 32.1 Å². The second kappa shape index (κ2) is 4.12. The molecule has 0 saturated heterocycles. The molecule has 0 bridgehead atoms. The normalized spacial score (nSPS) is 23.8. The fraction of sp³-hybridized carbons (Fsp3) is 0.909. The fourth-order valence-corrected chi connectivity index (χ4v) is 2.35. The van der Waals surface area contributed by atoms with Crippen LogP contribution in [0.15, 0.2) is 0 Å². The number of aliphatic carboxylic acids is 1. The van der Waals surface area contributed by atoms with Crippen molar-refractivity contribution in [3.63, 3.8) is 0 Å². The van der Waals surface area contributed by atoms with Crippen LogP contribution in [-0.2, 0) is 4.79 Å². The van der Waals surface area contributed by atoms with Gasteiger partial charge in [0.1, 0.15) is 0 Å². The molecule has 2 heteroatoms. The molecule has 1 fully saturated rings. The van der Waals surface area contributed by atoms with Gasteiger partial charge in [0.25, 0.3) is 0 Å². The Bertz CT molecular complexity index is 183. The van der Waals surface area contributed by atoms with Crippen LogP contribution >= 0.6 is 0 Å². The third-order valence-corrected chi connectivity index (χ3v) is 3.73. The third-order valence-electron chi connectivity index (χ3n) is 3.73. The average Bonchev–Trinajstić information content (AvgIpc) is 2.17. The molecule has 0 spiro atoms. The smallest absolute Gasteiger partial charge is 0.309 e. The van der Waals surface area contributed by atoms with Crippen molar-refractivity contribution in [1.82, 2.24) is 0 Å². The van der Waals surface area contributed by atoms with Gasteiger partial charge in [-0.1, -0.05) is 26.2 Å². The van der Waals surface area contributed by atoms with Crippen LogP contribution in [0.25, 0.3) is 0 Å². The molecule has 0 aromatic heterocycles. The van der Waals surface area contributed by atoms with Crippen LogP contribution in [0.1, 0.15) is 52.4 Å². The maximum absolute atomic E-state index is 11.2. The van der Waals surface area contributed by atoms with Gasteiger partial charge in [0, 0.05) is 0 Å². The molecule has 1 N–H and O–H groups in total. The molecular weight excluding hydrogens is 164 g/mol. The van der Waals surface area contributed by atoms with E-state index < -0.39 is 11.4 Å². The van der Waals surface area contributed by atoms with Crippen molar-refractivity contribution in [2.24, 2.45) is 11.3 Å². The standard InChI is InChI=1S/C11H20O2/c1-3-11(2,10(12)13)9-7-5-4-6-8-9/h9H,3-8H2,1-2H3,(H,12,13)/t11-/m1/s1. The highest BCUT2D eigenvalue weighted by molar-refractivity contribution is 5.74. The van der Waals surface area contributed by atoms with Gasteiger partial charge in [0.2, 0.25) is 0 Å². The van der Waals surface area contributed by atoms with E-state index in [0.29, 0.717) is 5.92 Å². The highest BCUT2D eigenvalue weighted by Crippen LogP contribution is 2.40. The molecule has 0 unspecified atom stereocenters. The Morgan fingerprint density at radius 2 is 1.92 bits per heavy atom. The van der Waals surface area contributed by atoms with Crippen molar-refractivity contribution in [2.75, 3.05) is 0 Å². The summed E-state index contributed by atoms with van der Waals surface area (Å²) in [5, 5.41) is 9.18. The number of hydrogen-bond acceptors (Lipinski definition) is 1. The molecule has 1 aliphatic carbocycles. The first-order valence-electron chi connectivity index (χ1n) is 5.34. The van der Waals surface area contributed by atoms with Gasteiger partial charge in [0.05, 0.1) is 5.41 Å². The van der Waals surface area contributed by atoms with Gasteiger partial charge in [-0.25, -0.2) is 0 Å². The van der Waals surface area contributed by atoms with Crippen LogP contribution in [0, 0.1) is 11.3 Å². The quantitative estimate of drug-likeness (QED) is 0.732. The monoisotopic (exact) mass is 184 g/mol. The van der Waals surface area contributed by atoms with Gasteiger partial charge in [-0.15, -0.1) is 0 Å². The summed E-state index contributed by atoms with van der Waals surface area (Å²) >= 11 is 0. The molecule has 0 aliphatic heterocycles. The van der Waals surface area contributed by atoms with Crippen LogP contribution in [-0.4, -0.2) is 11.1 Å². The minimum Gasteiger partial charge on any atom is -0.481 e.